The zero-order chi connectivity index (χ0) is 8.27. The first-order valence-electron chi connectivity index (χ1n) is 4.58. The van der Waals surface area contributed by atoms with E-state index in [1.54, 1.807) is 0 Å². The summed E-state index contributed by atoms with van der Waals surface area (Å²) in [6.07, 6.45) is 2.78. The van der Waals surface area contributed by atoms with Crippen LogP contribution < -0.4 is 5.32 Å². The van der Waals surface area contributed by atoms with Crippen LogP contribution in [0, 0.1) is 5.92 Å². The van der Waals surface area contributed by atoms with Crippen molar-refractivity contribution in [1.29, 1.82) is 0 Å². The first kappa shape index (κ1) is 9.40. The van der Waals surface area contributed by atoms with Crippen LogP contribution in [0.5, 0.6) is 0 Å². The van der Waals surface area contributed by atoms with E-state index in [1.165, 1.54) is 18.6 Å². The van der Waals surface area contributed by atoms with Crippen LogP contribution in [-0.4, -0.2) is 24.1 Å². The van der Waals surface area contributed by atoms with E-state index in [4.69, 9.17) is 0 Å². The van der Waals surface area contributed by atoms with Crippen molar-refractivity contribution in [2.45, 2.75) is 38.0 Å². The van der Waals surface area contributed by atoms with Crippen molar-refractivity contribution >= 4 is 11.8 Å². The number of hydrogen-bond acceptors (Lipinski definition) is 2. The van der Waals surface area contributed by atoms with Gasteiger partial charge in [-0.25, -0.2) is 0 Å². The molecule has 3 unspecified atom stereocenters. The molecule has 0 radical (unpaired) electrons. The Labute approximate surface area is 74.3 Å². The fourth-order valence-electron chi connectivity index (χ4n) is 1.99. The topological polar surface area (TPSA) is 12.0 Å². The van der Waals surface area contributed by atoms with Gasteiger partial charge in [-0.05, 0) is 31.6 Å². The van der Waals surface area contributed by atoms with Crippen LogP contribution in [0.15, 0.2) is 0 Å². The lowest BCUT2D eigenvalue weighted by Crippen LogP contribution is -2.30. The van der Waals surface area contributed by atoms with Crippen molar-refractivity contribution in [2.75, 3.05) is 12.8 Å². The smallest absolute Gasteiger partial charge is 0.0101 e. The van der Waals surface area contributed by atoms with E-state index in [0.29, 0.717) is 0 Å². The fraction of sp³-hybridized carbons (Fsp3) is 1.00. The van der Waals surface area contributed by atoms with Gasteiger partial charge in [0, 0.05) is 11.3 Å². The van der Waals surface area contributed by atoms with Crippen LogP contribution in [0.4, 0.5) is 0 Å². The predicted octanol–water partition coefficient (Wildman–Crippen LogP) is 2.13. The lowest BCUT2D eigenvalue weighted by atomic mass is 10.1. The molecule has 0 amide bonds. The Balaban J connectivity index is 2.35. The molecule has 3 atom stereocenters. The van der Waals surface area contributed by atoms with Gasteiger partial charge in [-0.15, -0.1) is 0 Å². The van der Waals surface area contributed by atoms with Gasteiger partial charge < -0.3 is 5.32 Å². The third-order valence-electron chi connectivity index (χ3n) is 2.73. The molecule has 0 heterocycles. The third kappa shape index (κ3) is 2.12. The Hall–Kier alpha value is 0.310. The molecule has 0 aromatic heterocycles. The zero-order valence-electron chi connectivity index (χ0n) is 7.76. The highest BCUT2D eigenvalue weighted by atomic mass is 32.2. The molecule has 1 aliphatic carbocycles. The molecule has 66 valence electrons. The van der Waals surface area contributed by atoms with Crippen LogP contribution in [0.2, 0.25) is 0 Å². The largest absolute Gasteiger partial charge is 0.317 e. The second kappa shape index (κ2) is 4.36. The highest BCUT2D eigenvalue weighted by Crippen LogP contribution is 2.34. The van der Waals surface area contributed by atoms with E-state index in [0.717, 1.165) is 17.2 Å². The Bertz CT molecular complexity index is 116. The number of nitrogens with one attached hydrogen (secondary N) is 1. The molecular weight excluding hydrogens is 154 g/mol. The molecule has 1 fully saturated rings. The molecule has 1 nitrogen and oxygen atoms in total. The van der Waals surface area contributed by atoms with Gasteiger partial charge in [0.1, 0.15) is 0 Å². The van der Waals surface area contributed by atoms with Crippen LogP contribution in [-0.2, 0) is 0 Å². The van der Waals surface area contributed by atoms with E-state index in [2.05, 4.69) is 38.0 Å². The normalized spacial score (nSPS) is 37.9. The van der Waals surface area contributed by atoms with Crippen molar-refractivity contribution in [2.24, 2.45) is 5.92 Å². The standard InChI is InChI=1S/C9H19NS/c1-4-11-9-6-5-8(10-3)7(9)2/h7-10H,4-6H2,1-3H3. The quantitative estimate of drug-likeness (QED) is 0.701. The van der Waals surface area contributed by atoms with Crippen molar-refractivity contribution in [3.63, 3.8) is 0 Å². The lowest BCUT2D eigenvalue weighted by molar-refractivity contribution is 0.464. The Morgan fingerprint density at radius 3 is 2.64 bits per heavy atom. The summed E-state index contributed by atoms with van der Waals surface area (Å²) in [6, 6.07) is 0.777. The van der Waals surface area contributed by atoms with Crippen LogP contribution in [0.1, 0.15) is 26.7 Å². The minimum atomic E-state index is 0.777. The van der Waals surface area contributed by atoms with Crippen LogP contribution >= 0.6 is 11.8 Å². The van der Waals surface area contributed by atoms with Gasteiger partial charge >= 0.3 is 0 Å². The summed E-state index contributed by atoms with van der Waals surface area (Å²) in [5, 5.41) is 4.30. The molecule has 0 aliphatic heterocycles. The lowest BCUT2D eigenvalue weighted by Gasteiger charge is -2.19. The first-order valence-corrected chi connectivity index (χ1v) is 5.63. The molecular formula is C9H19NS. The Morgan fingerprint density at radius 2 is 2.18 bits per heavy atom. The monoisotopic (exact) mass is 173 g/mol. The second-order valence-electron chi connectivity index (χ2n) is 3.33. The van der Waals surface area contributed by atoms with Crippen molar-refractivity contribution in [1.82, 2.24) is 5.32 Å². The SMILES string of the molecule is CCSC1CCC(NC)C1C. The fourth-order valence-corrected chi connectivity index (χ4v) is 3.21. The first-order chi connectivity index (χ1) is 5.29. The molecule has 11 heavy (non-hydrogen) atoms. The molecule has 1 saturated carbocycles. The van der Waals surface area contributed by atoms with Crippen LogP contribution in [0.25, 0.3) is 0 Å². The molecule has 1 aliphatic rings. The Kier molecular flexibility index (Phi) is 3.73. The molecule has 1 N–H and O–H groups in total. The molecule has 1 rings (SSSR count). The summed E-state index contributed by atoms with van der Waals surface area (Å²) in [6.45, 7) is 4.63. The number of hydrogen-bond donors (Lipinski definition) is 1. The molecule has 2 heteroatoms. The average Bonchev–Trinajstić information content (AvgIpc) is 2.34. The maximum atomic E-state index is 3.39. The summed E-state index contributed by atoms with van der Waals surface area (Å²) in [4.78, 5) is 0. The van der Waals surface area contributed by atoms with Gasteiger partial charge in [0.15, 0.2) is 0 Å². The second-order valence-corrected chi connectivity index (χ2v) is 4.84. The summed E-state index contributed by atoms with van der Waals surface area (Å²) >= 11 is 2.13. The number of thioether (sulfide) groups is 1. The zero-order valence-corrected chi connectivity index (χ0v) is 8.58. The maximum Gasteiger partial charge on any atom is 0.0101 e. The molecule has 0 aromatic rings. The van der Waals surface area contributed by atoms with E-state index >= 15 is 0 Å². The molecule has 0 spiro atoms. The predicted molar refractivity (Wildman–Crippen MR) is 53.2 cm³/mol. The van der Waals surface area contributed by atoms with Crippen molar-refractivity contribution < 1.29 is 0 Å². The third-order valence-corrected chi connectivity index (χ3v) is 4.16. The van der Waals surface area contributed by atoms with Gasteiger partial charge in [-0.1, -0.05) is 13.8 Å². The maximum absolute atomic E-state index is 3.39. The highest BCUT2D eigenvalue weighted by Gasteiger charge is 2.31. The summed E-state index contributed by atoms with van der Waals surface area (Å²) in [5.41, 5.74) is 0. The van der Waals surface area contributed by atoms with Gasteiger partial charge in [0.2, 0.25) is 0 Å². The minimum absolute atomic E-state index is 0.777. The van der Waals surface area contributed by atoms with Crippen molar-refractivity contribution in [3.05, 3.63) is 0 Å². The summed E-state index contributed by atoms with van der Waals surface area (Å²) in [7, 11) is 2.08. The summed E-state index contributed by atoms with van der Waals surface area (Å²) in [5.74, 6) is 2.13. The van der Waals surface area contributed by atoms with E-state index < -0.39 is 0 Å². The molecule has 0 bridgehead atoms. The van der Waals surface area contributed by atoms with Gasteiger partial charge in [0.05, 0.1) is 0 Å². The summed E-state index contributed by atoms with van der Waals surface area (Å²) < 4.78 is 0. The molecule has 0 aromatic carbocycles. The van der Waals surface area contributed by atoms with E-state index in [1.807, 2.05) is 0 Å². The Morgan fingerprint density at radius 1 is 1.45 bits per heavy atom. The molecule has 0 saturated heterocycles. The minimum Gasteiger partial charge on any atom is -0.317 e. The highest BCUT2D eigenvalue weighted by molar-refractivity contribution is 7.99. The van der Waals surface area contributed by atoms with E-state index in [9.17, 15) is 0 Å². The average molecular weight is 173 g/mol. The van der Waals surface area contributed by atoms with Crippen molar-refractivity contribution in [3.8, 4) is 0 Å². The van der Waals surface area contributed by atoms with Gasteiger partial charge in [-0.2, -0.15) is 11.8 Å². The van der Waals surface area contributed by atoms with Gasteiger partial charge in [0.25, 0.3) is 0 Å². The van der Waals surface area contributed by atoms with Gasteiger partial charge in [-0.3, -0.25) is 0 Å². The van der Waals surface area contributed by atoms with Crippen LogP contribution in [0.3, 0.4) is 0 Å². The number of rotatable bonds is 3. The van der Waals surface area contributed by atoms with E-state index in [-0.39, 0.29) is 0 Å².